The van der Waals surface area contributed by atoms with Gasteiger partial charge >= 0.3 is 0 Å². The van der Waals surface area contributed by atoms with Crippen LogP contribution in [0.4, 0.5) is 0 Å². The number of benzene rings is 9. The van der Waals surface area contributed by atoms with E-state index in [4.69, 9.17) is 15.0 Å². The van der Waals surface area contributed by atoms with Crippen molar-refractivity contribution >= 4 is 58.9 Å². The number of aromatic nitrogens is 4. The molecule has 2 unspecified atom stereocenters. The van der Waals surface area contributed by atoms with Crippen LogP contribution >= 0.6 is 11.3 Å². The van der Waals surface area contributed by atoms with E-state index in [0.717, 1.165) is 33.8 Å². The fraction of sp³-hybridized carbons (Fsp3) is 0.0317. The maximum absolute atomic E-state index is 5.43. The first-order valence-corrected chi connectivity index (χ1v) is 24.0. The van der Waals surface area contributed by atoms with Gasteiger partial charge in [-0.1, -0.05) is 188 Å². The van der Waals surface area contributed by atoms with Gasteiger partial charge < -0.3 is 4.57 Å². The minimum absolute atomic E-state index is 0.100. The Morgan fingerprint density at radius 2 is 0.941 bits per heavy atom. The molecular weight excluding hydrogens is 845 g/mol. The van der Waals surface area contributed by atoms with E-state index in [2.05, 4.69) is 211 Å². The predicted molar refractivity (Wildman–Crippen MR) is 284 cm³/mol. The molecule has 0 amide bonds. The molecule has 12 aromatic rings. The third-order valence-electron chi connectivity index (χ3n) is 13.4. The first-order valence-electron chi connectivity index (χ1n) is 23.2. The van der Waals surface area contributed by atoms with Crippen LogP contribution in [0.1, 0.15) is 28.8 Å². The number of hydrogen-bond donors (Lipinski definition) is 0. The van der Waals surface area contributed by atoms with Gasteiger partial charge in [0.1, 0.15) is 5.82 Å². The number of fused-ring (bicyclic) bond motifs is 6. The average Bonchev–Trinajstić information content (AvgIpc) is 3.96. The van der Waals surface area contributed by atoms with Gasteiger partial charge in [-0.25, -0.2) is 15.0 Å². The van der Waals surface area contributed by atoms with Crippen molar-refractivity contribution in [3.8, 4) is 50.7 Å². The molecule has 5 heteroatoms. The molecule has 9 aromatic carbocycles. The first-order chi connectivity index (χ1) is 33.7. The van der Waals surface area contributed by atoms with Gasteiger partial charge in [0, 0.05) is 59.6 Å². The molecule has 2 atom stereocenters. The number of hydrogen-bond acceptors (Lipinski definition) is 4. The molecule has 0 spiro atoms. The fourth-order valence-corrected chi connectivity index (χ4v) is 11.4. The normalized spacial score (nSPS) is 14.8. The van der Waals surface area contributed by atoms with E-state index >= 15 is 0 Å². The summed E-state index contributed by atoms with van der Waals surface area (Å²) in [6.07, 6.45) is 7.15. The Morgan fingerprint density at radius 1 is 0.382 bits per heavy atom. The molecular formula is C63H42N4S. The standard InChI is InChI=1S/C63H42N4S/c1-6-19-41(20-7-1)46-35-47(42-21-8-2-9-22-42)37-48(36-46)45-33-34-50(54(38-45)63-65-61(43-23-10-3-11-24-43)64-62(66-63)44-25-12-4-13-26-44)52-30-18-32-58-60(52)55-39-57-53(40-59(55)68-58)51-29-16-17-31-56(51)67(57)49-27-14-5-15-28-49/h1-40,50,54H. The number of para-hydroxylation sites is 2. The zero-order chi connectivity index (χ0) is 45.0. The first kappa shape index (κ1) is 39.8. The van der Waals surface area contributed by atoms with Crippen molar-refractivity contribution in [2.75, 3.05) is 0 Å². The van der Waals surface area contributed by atoms with Crippen molar-refractivity contribution in [1.29, 1.82) is 0 Å². The van der Waals surface area contributed by atoms with Crippen molar-refractivity contribution in [1.82, 2.24) is 19.5 Å². The van der Waals surface area contributed by atoms with Crippen LogP contribution in [0.5, 0.6) is 0 Å². The predicted octanol–water partition coefficient (Wildman–Crippen LogP) is 16.5. The van der Waals surface area contributed by atoms with Gasteiger partial charge in [-0.15, -0.1) is 11.3 Å². The second kappa shape index (κ2) is 16.7. The van der Waals surface area contributed by atoms with E-state index in [1.165, 1.54) is 69.8 Å². The Bertz CT molecular complexity index is 3780. The van der Waals surface area contributed by atoms with Crippen LogP contribution < -0.4 is 0 Å². The summed E-state index contributed by atoms with van der Waals surface area (Å²) >= 11 is 1.87. The van der Waals surface area contributed by atoms with Gasteiger partial charge in [0.15, 0.2) is 11.6 Å². The molecule has 4 nitrogen and oxygen atoms in total. The van der Waals surface area contributed by atoms with Gasteiger partial charge in [0.25, 0.3) is 0 Å². The van der Waals surface area contributed by atoms with E-state index < -0.39 is 0 Å². The van der Waals surface area contributed by atoms with E-state index in [1.807, 2.05) is 47.7 Å². The smallest absolute Gasteiger partial charge is 0.163 e. The lowest BCUT2D eigenvalue weighted by Crippen LogP contribution is -2.16. The third kappa shape index (κ3) is 7.03. The summed E-state index contributed by atoms with van der Waals surface area (Å²) in [5, 5.41) is 5.04. The highest BCUT2D eigenvalue weighted by atomic mass is 32.1. The number of rotatable bonds is 8. The molecule has 0 saturated carbocycles. The summed E-state index contributed by atoms with van der Waals surface area (Å²) in [6, 6.07) is 80.1. The Morgan fingerprint density at radius 3 is 1.57 bits per heavy atom. The van der Waals surface area contributed by atoms with Gasteiger partial charge in [-0.2, -0.15) is 0 Å². The van der Waals surface area contributed by atoms with Gasteiger partial charge in [0.2, 0.25) is 0 Å². The zero-order valence-electron chi connectivity index (χ0n) is 36.9. The number of nitrogens with zero attached hydrogens (tertiary/aromatic N) is 4. The molecule has 320 valence electrons. The van der Waals surface area contributed by atoms with Crippen molar-refractivity contribution in [3.05, 3.63) is 260 Å². The van der Waals surface area contributed by atoms with Crippen LogP contribution in [-0.2, 0) is 0 Å². The molecule has 1 aliphatic carbocycles. The van der Waals surface area contributed by atoms with Gasteiger partial charge in [-0.3, -0.25) is 0 Å². The largest absolute Gasteiger partial charge is 0.309 e. The van der Waals surface area contributed by atoms with Crippen molar-refractivity contribution in [2.24, 2.45) is 0 Å². The monoisotopic (exact) mass is 886 g/mol. The molecule has 0 fully saturated rings. The molecule has 0 aliphatic heterocycles. The Balaban J connectivity index is 1.05. The molecule has 68 heavy (non-hydrogen) atoms. The van der Waals surface area contributed by atoms with Crippen LogP contribution in [0.15, 0.2) is 243 Å². The summed E-state index contributed by atoms with van der Waals surface area (Å²) in [4.78, 5) is 16.0. The zero-order valence-corrected chi connectivity index (χ0v) is 37.8. The van der Waals surface area contributed by atoms with Crippen LogP contribution in [0, 0.1) is 0 Å². The molecule has 1 aliphatic rings. The molecule has 0 saturated heterocycles. The summed E-state index contributed by atoms with van der Waals surface area (Å²) in [6.45, 7) is 0. The molecule has 13 rings (SSSR count). The summed E-state index contributed by atoms with van der Waals surface area (Å²) in [5.41, 5.74) is 13.7. The van der Waals surface area contributed by atoms with E-state index in [1.54, 1.807) is 0 Å². The number of thiophene rings is 1. The fourth-order valence-electron chi connectivity index (χ4n) is 10.2. The molecule has 0 radical (unpaired) electrons. The lowest BCUT2D eigenvalue weighted by atomic mass is 9.77. The third-order valence-corrected chi connectivity index (χ3v) is 14.5. The summed E-state index contributed by atoms with van der Waals surface area (Å²) in [7, 11) is 0. The van der Waals surface area contributed by atoms with Crippen LogP contribution in [0.25, 0.3) is 98.3 Å². The molecule has 3 aromatic heterocycles. The molecule has 0 bridgehead atoms. The second-order valence-corrected chi connectivity index (χ2v) is 18.6. The van der Waals surface area contributed by atoms with E-state index in [0.29, 0.717) is 11.6 Å². The topological polar surface area (TPSA) is 43.6 Å². The van der Waals surface area contributed by atoms with Crippen molar-refractivity contribution < 1.29 is 0 Å². The average molecular weight is 887 g/mol. The minimum atomic E-state index is -0.247. The summed E-state index contributed by atoms with van der Waals surface area (Å²) in [5.74, 6) is 1.70. The van der Waals surface area contributed by atoms with E-state index in [9.17, 15) is 0 Å². The second-order valence-electron chi connectivity index (χ2n) is 17.5. The Kier molecular flexibility index (Phi) is 9.80. The molecule has 3 heterocycles. The Labute approximate surface area is 398 Å². The lowest BCUT2D eigenvalue weighted by Gasteiger charge is -2.27. The lowest BCUT2D eigenvalue weighted by molar-refractivity contribution is 0.684. The maximum Gasteiger partial charge on any atom is 0.163 e. The van der Waals surface area contributed by atoms with E-state index in [-0.39, 0.29) is 11.8 Å². The van der Waals surface area contributed by atoms with Gasteiger partial charge in [0.05, 0.1) is 11.0 Å². The SMILES string of the molecule is C1=CC(c2cccc3sc4cc5c6ccccc6n(-c6ccccc6)c5cc4c23)C(c2nc(-c3ccccc3)nc(-c3ccccc3)n2)C=C1c1cc(-c2ccccc2)cc(-c2ccccc2)c1. The minimum Gasteiger partial charge on any atom is -0.309 e. The highest BCUT2D eigenvalue weighted by Crippen LogP contribution is 2.48. The number of allylic oxidation sites excluding steroid dienone is 4. The van der Waals surface area contributed by atoms with Gasteiger partial charge in [-0.05, 0) is 93.6 Å². The highest BCUT2D eigenvalue weighted by molar-refractivity contribution is 7.26. The van der Waals surface area contributed by atoms with Crippen LogP contribution in [0.2, 0.25) is 0 Å². The highest BCUT2D eigenvalue weighted by Gasteiger charge is 2.31. The quantitative estimate of drug-likeness (QED) is 0.153. The maximum atomic E-state index is 5.43. The summed E-state index contributed by atoms with van der Waals surface area (Å²) < 4.78 is 4.95. The molecule has 0 N–H and O–H groups in total. The van der Waals surface area contributed by atoms with Crippen molar-refractivity contribution in [2.45, 2.75) is 11.8 Å². The Hall–Kier alpha value is -8.51. The van der Waals surface area contributed by atoms with Crippen LogP contribution in [0.3, 0.4) is 0 Å². The van der Waals surface area contributed by atoms with Crippen molar-refractivity contribution in [3.63, 3.8) is 0 Å². The van der Waals surface area contributed by atoms with Crippen LogP contribution in [-0.4, -0.2) is 19.5 Å².